The van der Waals surface area contributed by atoms with Gasteiger partial charge >= 0.3 is 12.0 Å². The van der Waals surface area contributed by atoms with Crippen LogP contribution < -0.4 is 5.32 Å². The third-order valence-electron chi connectivity index (χ3n) is 2.51. The van der Waals surface area contributed by atoms with Crippen LogP contribution in [0.2, 0.25) is 0 Å². The molecule has 100 valence electrons. The molecule has 1 unspecified atom stereocenters. The Balaban J connectivity index is 2.33. The summed E-state index contributed by atoms with van der Waals surface area (Å²) in [6.07, 6.45) is 3.60. The van der Waals surface area contributed by atoms with Gasteiger partial charge in [0.05, 0.1) is 19.1 Å². The normalized spacial score (nSPS) is 11.9. The van der Waals surface area contributed by atoms with Gasteiger partial charge in [-0.3, -0.25) is 4.79 Å². The fraction of sp³-hybridized carbons (Fsp3) is 0.500. The molecule has 1 heterocycles. The minimum Gasteiger partial charge on any atom is -0.481 e. The number of aliphatic carboxylic acids is 1. The fourth-order valence-electron chi connectivity index (χ4n) is 1.46. The molecule has 0 bridgehead atoms. The maximum Gasteiger partial charge on any atom is 0.317 e. The molecule has 0 aliphatic rings. The van der Waals surface area contributed by atoms with E-state index in [0.717, 1.165) is 5.56 Å². The molecule has 1 aromatic rings. The number of carbonyl (C=O) groups excluding carboxylic acids is 1. The number of urea groups is 1. The number of hydrogen-bond donors (Lipinski definition) is 2. The zero-order valence-electron chi connectivity index (χ0n) is 10.5. The maximum atomic E-state index is 11.8. The summed E-state index contributed by atoms with van der Waals surface area (Å²) >= 11 is 0. The van der Waals surface area contributed by atoms with Gasteiger partial charge in [0.2, 0.25) is 0 Å². The molecule has 2 N–H and O–H groups in total. The topological polar surface area (TPSA) is 82.8 Å². The number of furan rings is 1. The summed E-state index contributed by atoms with van der Waals surface area (Å²) in [6, 6.07) is 1.40. The lowest BCUT2D eigenvalue weighted by Crippen LogP contribution is -2.41. The maximum absolute atomic E-state index is 11.8. The lowest BCUT2D eigenvalue weighted by Gasteiger charge is -2.20. The van der Waals surface area contributed by atoms with E-state index < -0.39 is 5.97 Å². The molecule has 6 heteroatoms. The minimum atomic E-state index is -0.858. The van der Waals surface area contributed by atoms with Crippen LogP contribution in [0.4, 0.5) is 4.79 Å². The molecule has 0 aliphatic carbocycles. The van der Waals surface area contributed by atoms with Crippen LogP contribution in [0.1, 0.15) is 25.3 Å². The summed E-state index contributed by atoms with van der Waals surface area (Å²) in [5, 5.41) is 11.3. The molecule has 0 fully saturated rings. The van der Waals surface area contributed by atoms with Gasteiger partial charge in [0.25, 0.3) is 0 Å². The lowest BCUT2D eigenvalue weighted by molar-refractivity contribution is -0.137. The number of carboxylic acids is 1. The van der Waals surface area contributed by atoms with Crippen LogP contribution >= 0.6 is 0 Å². The Labute approximate surface area is 106 Å². The number of rotatable bonds is 6. The van der Waals surface area contributed by atoms with Crippen LogP contribution in [0.25, 0.3) is 0 Å². The second kappa shape index (κ2) is 6.68. The smallest absolute Gasteiger partial charge is 0.317 e. The third-order valence-corrected chi connectivity index (χ3v) is 2.51. The van der Waals surface area contributed by atoms with E-state index in [1.165, 1.54) is 4.90 Å². The number of carbonyl (C=O) groups is 2. The molecule has 1 atom stereocenters. The van der Waals surface area contributed by atoms with Crippen LogP contribution in [-0.2, 0) is 11.3 Å². The van der Waals surface area contributed by atoms with Crippen molar-refractivity contribution in [2.45, 2.75) is 32.4 Å². The average molecular weight is 254 g/mol. The second-order valence-corrected chi connectivity index (χ2v) is 4.27. The molecule has 1 aromatic heterocycles. The zero-order chi connectivity index (χ0) is 13.5. The van der Waals surface area contributed by atoms with Gasteiger partial charge in [-0.25, -0.2) is 4.79 Å². The van der Waals surface area contributed by atoms with Gasteiger partial charge in [0, 0.05) is 25.1 Å². The number of nitrogens with zero attached hydrogens (tertiary/aromatic N) is 1. The summed E-state index contributed by atoms with van der Waals surface area (Å²) in [6.45, 7) is 2.24. The summed E-state index contributed by atoms with van der Waals surface area (Å²) < 4.78 is 4.92. The molecular weight excluding hydrogens is 236 g/mol. The molecule has 18 heavy (non-hydrogen) atoms. The van der Waals surface area contributed by atoms with Gasteiger partial charge in [-0.15, -0.1) is 0 Å². The summed E-state index contributed by atoms with van der Waals surface area (Å²) in [5.74, 6) is -0.858. The average Bonchev–Trinajstić information content (AvgIpc) is 2.79. The first-order valence-corrected chi connectivity index (χ1v) is 5.73. The first-order valence-electron chi connectivity index (χ1n) is 5.73. The van der Waals surface area contributed by atoms with Crippen molar-refractivity contribution in [1.29, 1.82) is 0 Å². The second-order valence-electron chi connectivity index (χ2n) is 4.27. The highest BCUT2D eigenvalue weighted by Gasteiger charge is 2.13. The Morgan fingerprint density at radius 1 is 1.56 bits per heavy atom. The van der Waals surface area contributed by atoms with Gasteiger partial charge in [-0.2, -0.15) is 0 Å². The van der Waals surface area contributed by atoms with Crippen molar-refractivity contribution in [2.24, 2.45) is 0 Å². The standard InChI is InChI=1S/C12H18N2O4/c1-9(3-4-11(15)16)13-12(17)14(2)7-10-5-6-18-8-10/h5-6,8-9H,3-4,7H2,1-2H3,(H,13,17)(H,15,16). The van der Waals surface area contributed by atoms with Crippen molar-refractivity contribution in [3.63, 3.8) is 0 Å². The highest BCUT2D eigenvalue weighted by atomic mass is 16.4. The largest absolute Gasteiger partial charge is 0.481 e. The van der Waals surface area contributed by atoms with E-state index in [1.54, 1.807) is 32.6 Å². The van der Waals surface area contributed by atoms with Crippen LogP contribution in [0.15, 0.2) is 23.0 Å². The highest BCUT2D eigenvalue weighted by Crippen LogP contribution is 2.04. The van der Waals surface area contributed by atoms with Gasteiger partial charge in [0.1, 0.15) is 0 Å². The van der Waals surface area contributed by atoms with Crippen LogP contribution in [0, 0.1) is 0 Å². The quantitative estimate of drug-likeness (QED) is 0.809. The van der Waals surface area contributed by atoms with E-state index >= 15 is 0 Å². The Bertz CT molecular complexity index is 389. The van der Waals surface area contributed by atoms with E-state index in [9.17, 15) is 9.59 Å². The minimum absolute atomic E-state index is 0.0485. The Morgan fingerprint density at radius 3 is 2.83 bits per heavy atom. The van der Waals surface area contributed by atoms with E-state index in [-0.39, 0.29) is 18.5 Å². The van der Waals surface area contributed by atoms with Crippen LogP contribution in [-0.4, -0.2) is 35.1 Å². The summed E-state index contributed by atoms with van der Waals surface area (Å²) in [5.41, 5.74) is 0.908. The molecule has 0 aromatic carbocycles. The molecular formula is C12H18N2O4. The first kappa shape index (κ1) is 14.1. The monoisotopic (exact) mass is 254 g/mol. The number of amides is 2. The molecule has 6 nitrogen and oxygen atoms in total. The third kappa shape index (κ3) is 4.90. The summed E-state index contributed by atoms with van der Waals surface area (Å²) in [4.78, 5) is 23.7. The number of nitrogens with one attached hydrogen (secondary N) is 1. The SMILES string of the molecule is CC(CCC(=O)O)NC(=O)N(C)Cc1ccoc1. The number of hydrogen-bond acceptors (Lipinski definition) is 3. The lowest BCUT2D eigenvalue weighted by atomic mass is 10.2. The molecule has 1 rings (SSSR count). The predicted octanol–water partition coefficient (Wildman–Crippen LogP) is 1.67. The molecule has 0 spiro atoms. The number of carboxylic acid groups (broad SMARTS) is 1. The zero-order valence-corrected chi connectivity index (χ0v) is 10.5. The van der Waals surface area contributed by atoms with E-state index in [2.05, 4.69) is 5.32 Å². The molecule has 0 aliphatic heterocycles. The van der Waals surface area contributed by atoms with Crippen molar-refractivity contribution in [1.82, 2.24) is 10.2 Å². The van der Waals surface area contributed by atoms with Crippen molar-refractivity contribution in [3.8, 4) is 0 Å². The van der Waals surface area contributed by atoms with E-state index in [0.29, 0.717) is 13.0 Å². The molecule has 0 saturated carbocycles. The van der Waals surface area contributed by atoms with Gasteiger partial charge in [0.15, 0.2) is 0 Å². The van der Waals surface area contributed by atoms with Crippen molar-refractivity contribution in [2.75, 3.05) is 7.05 Å². The van der Waals surface area contributed by atoms with Crippen molar-refractivity contribution in [3.05, 3.63) is 24.2 Å². The van der Waals surface area contributed by atoms with Crippen LogP contribution in [0.5, 0.6) is 0 Å². The Hall–Kier alpha value is -1.98. The Morgan fingerprint density at radius 2 is 2.28 bits per heavy atom. The van der Waals surface area contributed by atoms with Gasteiger partial charge in [-0.05, 0) is 19.4 Å². The van der Waals surface area contributed by atoms with Crippen molar-refractivity contribution >= 4 is 12.0 Å². The highest BCUT2D eigenvalue weighted by molar-refractivity contribution is 5.74. The van der Waals surface area contributed by atoms with Crippen LogP contribution in [0.3, 0.4) is 0 Å². The Kier molecular flexibility index (Phi) is 5.23. The molecule has 0 radical (unpaired) electrons. The molecule has 0 saturated heterocycles. The fourth-order valence-corrected chi connectivity index (χ4v) is 1.46. The van der Waals surface area contributed by atoms with Gasteiger partial charge in [-0.1, -0.05) is 0 Å². The molecule has 2 amide bonds. The first-order chi connectivity index (χ1) is 8.49. The van der Waals surface area contributed by atoms with E-state index in [1.807, 2.05) is 0 Å². The predicted molar refractivity (Wildman–Crippen MR) is 65.0 cm³/mol. The van der Waals surface area contributed by atoms with Gasteiger partial charge < -0.3 is 19.7 Å². The van der Waals surface area contributed by atoms with E-state index in [4.69, 9.17) is 9.52 Å². The van der Waals surface area contributed by atoms with Crippen molar-refractivity contribution < 1.29 is 19.1 Å². The summed E-state index contributed by atoms with van der Waals surface area (Å²) in [7, 11) is 1.67.